The van der Waals surface area contributed by atoms with E-state index in [0.29, 0.717) is 23.8 Å². The second-order valence-corrected chi connectivity index (χ2v) is 6.12. The van der Waals surface area contributed by atoms with Crippen LogP contribution in [0.15, 0.2) is 24.7 Å². The van der Waals surface area contributed by atoms with Crippen molar-refractivity contribution in [3.8, 4) is 0 Å². The number of methoxy groups -OCH3 is 1. The molecule has 0 aliphatic carbocycles. The summed E-state index contributed by atoms with van der Waals surface area (Å²) in [5.74, 6) is 0.502. The van der Waals surface area contributed by atoms with Gasteiger partial charge in [-0.3, -0.25) is 4.40 Å². The van der Waals surface area contributed by atoms with Crippen LogP contribution in [0, 0.1) is 5.92 Å². The van der Waals surface area contributed by atoms with Gasteiger partial charge in [-0.15, -0.1) is 10.2 Å². The van der Waals surface area contributed by atoms with Crippen LogP contribution < -0.4 is 10.6 Å². The molecule has 0 aromatic carbocycles. The van der Waals surface area contributed by atoms with Crippen molar-refractivity contribution in [3.05, 3.63) is 24.7 Å². The van der Waals surface area contributed by atoms with Crippen molar-refractivity contribution < 1.29 is 9.53 Å². The molecule has 1 aliphatic heterocycles. The molecule has 1 aliphatic rings. The second-order valence-electron chi connectivity index (χ2n) is 6.12. The number of fused-ring (bicyclic) bond motifs is 1. The lowest BCUT2D eigenvalue weighted by Crippen LogP contribution is -2.34. The number of carbonyl (C=O) groups is 1. The van der Waals surface area contributed by atoms with Gasteiger partial charge in [0, 0.05) is 39.5 Å². The lowest BCUT2D eigenvalue weighted by Gasteiger charge is -2.16. The van der Waals surface area contributed by atoms with Crippen molar-refractivity contribution in [3.63, 3.8) is 0 Å². The minimum Gasteiger partial charge on any atom is -0.385 e. The average Bonchev–Trinajstić information content (AvgIpc) is 3.23. The number of amides is 2. The number of aromatic nitrogens is 3. The van der Waals surface area contributed by atoms with Crippen molar-refractivity contribution in [2.24, 2.45) is 5.92 Å². The molecule has 2 N–H and O–H groups in total. The molecule has 0 spiro atoms. The zero-order valence-corrected chi connectivity index (χ0v) is 13.9. The third-order valence-corrected chi connectivity index (χ3v) is 4.32. The zero-order valence-electron chi connectivity index (χ0n) is 13.9. The van der Waals surface area contributed by atoms with E-state index in [1.165, 1.54) is 0 Å². The largest absolute Gasteiger partial charge is 0.385 e. The SMILES string of the molecule is COCCCN1CC[C@@H](CNC(=O)Nc2cccn3cnnc23)C1. The van der Waals surface area contributed by atoms with Crippen LogP contribution in [0.1, 0.15) is 12.8 Å². The monoisotopic (exact) mass is 332 g/mol. The van der Waals surface area contributed by atoms with E-state index < -0.39 is 0 Å². The van der Waals surface area contributed by atoms with E-state index >= 15 is 0 Å². The van der Waals surface area contributed by atoms with Gasteiger partial charge in [-0.2, -0.15) is 0 Å². The minimum atomic E-state index is -0.205. The molecular formula is C16H24N6O2. The van der Waals surface area contributed by atoms with Crippen LogP contribution in [0.3, 0.4) is 0 Å². The fourth-order valence-electron chi connectivity index (χ4n) is 3.07. The molecule has 3 rings (SSSR count). The third-order valence-electron chi connectivity index (χ3n) is 4.32. The maximum atomic E-state index is 12.1. The van der Waals surface area contributed by atoms with E-state index in [2.05, 4.69) is 25.7 Å². The molecule has 8 nitrogen and oxygen atoms in total. The van der Waals surface area contributed by atoms with Gasteiger partial charge in [0.05, 0.1) is 5.69 Å². The van der Waals surface area contributed by atoms with Gasteiger partial charge >= 0.3 is 6.03 Å². The first kappa shape index (κ1) is 16.7. The molecule has 8 heteroatoms. The molecule has 0 saturated carbocycles. The molecule has 1 atom stereocenters. The van der Waals surface area contributed by atoms with Crippen LogP contribution in [0.4, 0.5) is 10.5 Å². The predicted molar refractivity (Wildman–Crippen MR) is 91.0 cm³/mol. The van der Waals surface area contributed by atoms with Crippen LogP contribution in [-0.4, -0.2) is 65.4 Å². The number of ether oxygens (including phenoxy) is 1. The summed E-state index contributed by atoms with van der Waals surface area (Å²) in [6.07, 6.45) is 5.62. The summed E-state index contributed by atoms with van der Waals surface area (Å²) in [6.45, 7) is 4.67. The Labute approximate surface area is 141 Å². The van der Waals surface area contributed by atoms with E-state index in [4.69, 9.17) is 4.74 Å². The lowest BCUT2D eigenvalue weighted by molar-refractivity contribution is 0.178. The number of nitrogens with zero attached hydrogens (tertiary/aromatic N) is 4. The molecule has 0 unspecified atom stereocenters. The van der Waals surface area contributed by atoms with Gasteiger partial charge in [-0.05, 0) is 37.4 Å². The molecular weight excluding hydrogens is 308 g/mol. The van der Waals surface area contributed by atoms with Crippen molar-refractivity contribution in [2.75, 3.05) is 45.2 Å². The second kappa shape index (κ2) is 8.07. The van der Waals surface area contributed by atoms with Gasteiger partial charge in [0.25, 0.3) is 0 Å². The molecule has 2 aromatic heterocycles. The van der Waals surface area contributed by atoms with Crippen molar-refractivity contribution in [2.45, 2.75) is 12.8 Å². The predicted octanol–water partition coefficient (Wildman–Crippen LogP) is 1.21. The number of hydrogen-bond acceptors (Lipinski definition) is 5. The van der Waals surface area contributed by atoms with Crippen LogP contribution in [0.2, 0.25) is 0 Å². The first-order valence-electron chi connectivity index (χ1n) is 8.31. The number of pyridine rings is 1. The number of urea groups is 1. The Morgan fingerprint density at radius 3 is 3.29 bits per heavy atom. The molecule has 130 valence electrons. The highest BCUT2D eigenvalue weighted by atomic mass is 16.5. The van der Waals surface area contributed by atoms with E-state index in [-0.39, 0.29) is 6.03 Å². The first-order valence-corrected chi connectivity index (χ1v) is 8.31. The Morgan fingerprint density at radius 1 is 1.50 bits per heavy atom. The van der Waals surface area contributed by atoms with Gasteiger partial charge in [0.1, 0.15) is 6.33 Å². The fraction of sp³-hybridized carbons (Fsp3) is 0.562. The maximum absolute atomic E-state index is 12.1. The summed E-state index contributed by atoms with van der Waals surface area (Å²) in [7, 11) is 1.73. The summed E-state index contributed by atoms with van der Waals surface area (Å²) in [6, 6.07) is 3.46. The molecule has 2 aromatic rings. The van der Waals surface area contributed by atoms with Crippen molar-refractivity contribution in [1.29, 1.82) is 0 Å². The first-order chi connectivity index (χ1) is 11.8. The summed E-state index contributed by atoms with van der Waals surface area (Å²) in [5.41, 5.74) is 1.29. The lowest BCUT2D eigenvalue weighted by atomic mass is 10.1. The Morgan fingerprint density at radius 2 is 2.42 bits per heavy atom. The molecule has 3 heterocycles. The van der Waals surface area contributed by atoms with Crippen LogP contribution in [0.5, 0.6) is 0 Å². The quantitative estimate of drug-likeness (QED) is 0.745. The standard InChI is InChI=1S/C16H24N6O2/c1-24-9-3-6-21-8-5-13(11-21)10-17-16(23)19-14-4-2-7-22-12-18-20-15(14)22/h2,4,7,12-13H,3,5-6,8-11H2,1H3,(H2,17,19,23)/t13-/m0/s1. The van der Waals surface area contributed by atoms with E-state index in [9.17, 15) is 4.79 Å². The Bertz CT molecular complexity index is 673. The molecule has 1 saturated heterocycles. The number of likely N-dealkylation sites (tertiary alicyclic amines) is 1. The Balaban J connectivity index is 1.42. The Hall–Kier alpha value is -2.19. The van der Waals surface area contributed by atoms with Gasteiger partial charge < -0.3 is 20.3 Å². The van der Waals surface area contributed by atoms with Crippen LogP contribution >= 0.6 is 0 Å². The topological polar surface area (TPSA) is 83.8 Å². The number of rotatable bonds is 7. The van der Waals surface area contributed by atoms with Crippen LogP contribution in [-0.2, 0) is 4.74 Å². The smallest absolute Gasteiger partial charge is 0.319 e. The van der Waals surface area contributed by atoms with E-state index in [1.807, 2.05) is 18.3 Å². The van der Waals surface area contributed by atoms with Crippen molar-refractivity contribution >= 4 is 17.4 Å². The van der Waals surface area contributed by atoms with Gasteiger partial charge in [-0.25, -0.2) is 4.79 Å². The number of carbonyl (C=O) groups excluding carboxylic acids is 1. The van der Waals surface area contributed by atoms with Crippen molar-refractivity contribution in [1.82, 2.24) is 24.8 Å². The maximum Gasteiger partial charge on any atom is 0.319 e. The molecule has 2 amide bonds. The van der Waals surface area contributed by atoms with Crippen LogP contribution in [0.25, 0.3) is 5.65 Å². The highest BCUT2D eigenvalue weighted by Crippen LogP contribution is 2.16. The highest BCUT2D eigenvalue weighted by molar-refractivity contribution is 5.92. The minimum absolute atomic E-state index is 0.205. The molecule has 24 heavy (non-hydrogen) atoms. The number of anilines is 1. The third kappa shape index (κ3) is 4.21. The average molecular weight is 332 g/mol. The number of nitrogens with one attached hydrogen (secondary N) is 2. The summed E-state index contributed by atoms with van der Waals surface area (Å²) >= 11 is 0. The summed E-state index contributed by atoms with van der Waals surface area (Å²) in [5, 5.41) is 13.7. The summed E-state index contributed by atoms with van der Waals surface area (Å²) < 4.78 is 6.85. The summed E-state index contributed by atoms with van der Waals surface area (Å²) in [4.78, 5) is 14.5. The van der Waals surface area contributed by atoms with E-state index in [0.717, 1.165) is 39.1 Å². The molecule has 1 fully saturated rings. The Kier molecular flexibility index (Phi) is 5.60. The number of hydrogen-bond donors (Lipinski definition) is 2. The fourth-order valence-corrected chi connectivity index (χ4v) is 3.07. The van der Waals surface area contributed by atoms with E-state index in [1.54, 1.807) is 17.8 Å². The van der Waals surface area contributed by atoms with Gasteiger partial charge in [0.15, 0.2) is 5.65 Å². The molecule has 0 bridgehead atoms. The van der Waals surface area contributed by atoms with Gasteiger partial charge in [-0.1, -0.05) is 0 Å². The van der Waals surface area contributed by atoms with Gasteiger partial charge in [0.2, 0.25) is 0 Å². The normalized spacial score (nSPS) is 18.1. The zero-order chi connectivity index (χ0) is 16.8. The molecule has 0 radical (unpaired) electrons. The highest BCUT2D eigenvalue weighted by Gasteiger charge is 2.22.